The maximum Gasteiger partial charge on any atom is 0.210 e. The summed E-state index contributed by atoms with van der Waals surface area (Å²) in [5.74, 6) is 0.796. The lowest BCUT2D eigenvalue weighted by atomic mass is 9.89. The smallest absolute Gasteiger partial charge is 0.210 e. The van der Waals surface area contributed by atoms with Crippen LogP contribution in [-0.2, 0) is 25.2 Å². The number of ether oxygens (including phenoxy) is 1. The van der Waals surface area contributed by atoms with E-state index in [0.29, 0.717) is 29.2 Å². The van der Waals surface area contributed by atoms with Crippen LogP contribution >= 0.6 is 11.6 Å². The second-order valence-corrected chi connectivity index (χ2v) is 9.13. The van der Waals surface area contributed by atoms with Crippen LogP contribution in [0.2, 0.25) is 0 Å². The van der Waals surface area contributed by atoms with Crippen molar-refractivity contribution in [1.29, 1.82) is 0 Å². The standard InChI is InChI=1S/C21H21ClO4S/c1-4-21(2)20(23)18(15-7-5-14(13-22)6-8-15)19(26-21)16-9-11-17(12-10-16)27(3,24)25/h5-12H,4,13H2,1-3H3. The van der Waals surface area contributed by atoms with E-state index in [9.17, 15) is 13.2 Å². The molecule has 0 fully saturated rings. The number of hydrogen-bond acceptors (Lipinski definition) is 4. The molecule has 2 aromatic rings. The van der Waals surface area contributed by atoms with Crippen molar-refractivity contribution in [1.82, 2.24) is 0 Å². The first-order valence-electron chi connectivity index (χ1n) is 8.63. The van der Waals surface area contributed by atoms with Gasteiger partial charge in [0.25, 0.3) is 0 Å². The van der Waals surface area contributed by atoms with Gasteiger partial charge < -0.3 is 4.74 Å². The van der Waals surface area contributed by atoms with E-state index in [1.807, 2.05) is 31.2 Å². The molecule has 1 atom stereocenters. The highest BCUT2D eigenvalue weighted by Gasteiger charge is 2.45. The van der Waals surface area contributed by atoms with Gasteiger partial charge in [0, 0.05) is 17.7 Å². The molecule has 0 N–H and O–H groups in total. The number of benzene rings is 2. The first-order chi connectivity index (χ1) is 12.7. The molecule has 1 aliphatic heterocycles. The second-order valence-electron chi connectivity index (χ2n) is 6.85. The van der Waals surface area contributed by atoms with E-state index < -0.39 is 15.4 Å². The highest BCUT2D eigenvalue weighted by Crippen LogP contribution is 2.43. The van der Waals surface area contributed by atoms with Crippen LogP contribution in [0.15, 0.2) is 53.4 Å². The number of ketones is 1. The molecular formula is C21H21ClO4S. The van der Waals surface area contributed by atoms with Gasteiger partial charge in [0.2, 0.25) is 5.78 Å². The summed E-state index contributed by atoms with van der Waals surface area (Å²) in [6, 6.07) is 13.9. The molecule has 0 saturated heterocycles. The summed E-state index contributed by atoms with van der Waals surface area (Å²) in [4.78, 5) is 13.3. The van der Waals surface area contributed by atoms with E-state index >= 15 is 0 Å². The van der Waals surface area contributed by atoms with E-state index in [4.69, 9.17) is 16.3 Å². The number of rotatable bonds is 5. The maximum absolute atomic E-state index is 13.1. The fourth-order valence-electron chi connectivity index (χ4n) is 3.00. The van der Waals surface area contributed by atoms with Gasteiger partial charge in [-0.05, 0) is 48.7 Å². The van der Waals surface area contributed by atoms with Crippen LogP contribution in [0.4, 0.5) is 0 Å². The van der Waals surface area contributed by atoms with Crippen LogP contribution in [0.25, 0.3) is 11.3 Å². The zero-order valence-corrected chi connectivity index (χ0v) is 17.0. The van der Waals surface area contributed by atoms with Crippen LogP contribution in [-0.4, -0.2) is 26.1 Å². The summed E-state index contributed by atoms with van der Waals surface area (Å²) < 4.78 is 29.5. The molecule has 0 amide bonds. The van der Waals surface area contributed by atoms with Gasteiger partial charge in [-0.3, -0.25) is 4.79 Å². The van der Waals surface area contributed by atoms with Crippen molar-refractivity contribution < 1.29 is 17.9 Å². The summed E-state index contributed by atoms with van der Waals surface area (Å²) in [6.45, 7) is 3.68. The SMILES string of the molecule is CCC1(C)OC(c2ccc(S(C)(=O)=O)cc2)=C(c2ccc(CCl)cc2)C1=O. The number of carbonyl (C=O) groups excluding carboxylic acids is 1. The zero-order chi connectivity index (χ0) is 19.8. The van der Waals surface area contributed by atoms with Gasteiger partial charge in [-0.2, -0.15) is 0 Å². The Kier molecular flexibility index (Phi) is 5.19. The Morgan fingerprint density at radius 3 is 2.04 bits per heavy atom. The average Bonchev–Trinajstić information content (AvgIpc) is 2.93. The minimum absolute atomic E-state index is 0.0780. The van der Waals surface area contributed by atoms with E-state index in [2.05, 4.69) is 0 Å². The van der Waals surface area contributed by atoms with Crippen LogP contribution in [0, 0.1) is 0 Å². The van der Waals surface area contributed by atoms with Gasteiger partial charge in [0.1, 0.15) is 5.76 Å². The molecule has 0 bridgehead atoms. The number of alkyl halides is 1. The monoisotopic (exact) mass is 404 g/mol. The molecule has 3 rings (SSSR count). The van der Waals surface area contributed by atoms with Crippen molar-refractivity contribution in [3.05, 3.63) is 65.2 Å². The molecule has 0 radical (unpaired) electrons. The van der Waals surface area contributed by atoms with Gasteiger partial charge in [0.05, 0.1) is 10.5 Å². The second kappa shape index (κ2) is 7.13. The molecule has 0 spiro atoms. The lowest BCUT2D eigenvalue weighted by molar-refractivity contribution is -0.126. The lowest BCUT2D eigenvalue weighted by Gasteiger charge is -2.21. The Balaban J connectivity index is 2.14. The van der Waals surface area contributed by atoms with E-state index in [1.165, 1.54) is 12.1 Å². The first kappa shape index (κ1) is 19.6. The molecule has 0 aromatic heterocycles. The highest BCUT2D eigenvalue weighted by atomic mass is 35.5. The molecule has 1 unspecified atom stereocenters. The van der Waals surface area contributed by atoms with Crippen molar-refractivity contribution in [2.24, 2.45) is 0 Å². The molecular weight excluding hydrogens is 384 g/mol. The minimum atomic E-state index is -3.29. The lowest BCUT2D eigenvalue weighted by Crippen LogP contribution is -2.32. The van der Waals surface area contributed by atoms with Crippen molar-refractivity contribution in [2.45, 2.75) is 36.6 Å². The van der Waals surface area contributed by atoms with Crippen LogP contribution < -0.4 is 0 Å². The van der Waals surface area contributed by atoms with Gasteiger partial charge in [-0.15, -0.1) is 11.6 Å². The van der Waals surface area contributed by atoms with Crippen LogP contribution in [0.1, 0.15) is 37.0 Å². The number of carbonyl (C=O) groups is 1. The Morgan fingerprint density at radius 2 is 1.56 bits per heavy atom. The fourth-order valence-corrected chi connectivity index (χ4v) is 3.81. The quantitative estimate of drug-likeness (QED) is 0.690. The fraction of sp³-hybridized carbons (Fsp3) is 0.286. The predicted octanol–water partition coefficient (Wildman–Crippen LogP) is 4.47. The van der Waals surface area contributed by atoms with Crippen molar-refractivity contribution >= 4 is 38.6 Å². The van der Waals surface area contributed by atoms with Crippen LogP contribution in [0.5, 0.6) is 0 Å². The number of hydrogen-bond donors (Lipinski definition) is 0. The van der Waals surface area contributed by atoms with Gasteiger partial charge >= 0.3 is 0 Å². The van der Waals surface area contributed by atoms with Gasteiger partial charge in [-0.1, -0.05) is 31.2 Å². The Bertz CT molecular complexity index is 1010. The molecule has 4 nitrogen and oxygen atoms in total. The Hall–Kier alpha value is -2.11. The van der Waals surface area contributed by atoms with Crippen LogP contribution in [0.3, 0.4) is 0 Å². The maximum atomic E-state index is 13.1. The summed E-state index contributed by atoms with van der Waals surface area (Å²) in [5.41, 5.74) is 1.96. The zero-order valence-electron chi connectivity index (χ0n) is 15.5. The molecule has 0 aliphatic carbocycles. The first-order valence-corrected chi connectivity index (χ1v) is 11.1. The van der Waals surface area contributed by atoms with Crippen molar-refractivity contribution in [3.63, 3.8) is 0 Å². The van der Waals surface area contributed by atoms with Crippen molar-refractivity contribution in [3.8, 4) is 0 Å². The Labute approximate surface area is 164 Å². The Morgan fingerprint density at radius 1 is 1.00 bits per heavy atom. The summed E-state index contributed by atoms with van der Waals surface area (Å²) in [7, 11) is -3.29. The van der Waals surface area contributed by atoms with E-state index in [0.717, 1.165) is 17.4 Å². The highest BCUT2D eigenvalue weighted by molar-refractivity contribution is 7.90. The number of Topliss-reactive ketones (excluding diaryl/α,β-unsaturated/α-hetero) is 1. The molecule has 2 aromatic carbocycles. The summed E-state index contributed by atoms with van der Waals surface area (Å²) >= 11 is 5.86. The molecule has 142 valence electrons. The predicted molar refractivity (Wildman–Crippen MR) is 107 cm³/mol. The average molecular weight is 405 g/mol. The molecule has 0 saturated carbocycles. The third kappa shape index (κ3) is 3.66. The molecule has 1 heterocycles. The van der Waals surface area contributed by atoms with Gasteiger partial charge in [0.15, 0.2) is 15.4 Å². The van der Waals surface area contributed by atoms with Crippen molar-refractivity contribution in [2.75, 3.05) is 6.26 Å². The largest absolute Gasteiger partial charge is 0.478 e. The van der Waals surface area contributed by atoms with Gasteiger partial charge in [-0.25, -0.2) is 8.42 Å². The molecule has 1 aliphatic rings. The third-order valence-electron chi connectivity index (χ3n) is 4.88. The minimum Gasteiger partial charge on any atom is -0.478 e. The summed E-state index contributed by atoms with van der Waals surface area (Å²) in [6.07, 6.45) is 1.69. The number of halogens is 1. The molecule has 27 heavy (non-hydrogen) atoms. The normalized spacial score (nSPS) is 20.1. The third-order valence-corrected chi connectivity index (χ3v) is 6.32. The van der Waals surface area contributed by atoms with E-state index in [1.54, 1.807) is 19.1 Å². The summed E-state index contributed by atoms with van der Waals surface area (Å²) in [5, 5.41) is 0. The topological polar surface area (TPSA) is 60.4 Å². The molecule has 6 heteroatoms. The van der Waals surface area contributed by atoms with E-state index in [-0.39, 0.29) is 10.7 Å². The number of sulfone groups is 1.